The van der Waals surface area contributed by atoms with E-state index in [4.69, 9.17) is 5.73 Å². The summed E-state index contributed by atoms with van der Waals surface area (Å²) in [5, 5.41) is 3.39. The lowest BCUT2D eigenvalue weighted by Gasteiger charge is -2.13. The van der Waals surface area contributed by atoms with Gasteiger partial charge in [-0.25, -0.2) is 0 Å². The Morgan fingerprint density at radius 1 is 1.36 bits per heavy atom. The van der Waals surface area contributed by atoms with E-state index in [2.05, 4.69) is 44.3 Å². The van der Waals surface area contributed by atoms with Crippen molar-refractivity contribution < 1.29 is 0 Å². The van der Waals surface area contributed by atoms with E-state index in [-0.39, 0.29) is 0 Å². The molecular weight excluding hydrogens is 172 g/mol. The molecule has 1 atom stereocenters. The van der Waals surface area contributed by atoms with Crippen LogP contribution in [0.2, 0.25) is 0 Å². The normalized spacial score (nSPS) is 12.9. The first-order chi connectivity index (χ1) is 6.65. The monoisotopic (exact) mass is 192 g/mol. The highest BCUT2D eigenvalue weighted by Crippen LogP contribution is 2.12. The summed E-state index contributed by atoms with van der Waals surface area (Å²) in [5.41, 5.74) is 9.64. The van der Waals surface area contributed by atoms with Crippen molar-refractivity contribution >= 4 is 0 Å². The molecule has 1 rings (SSSR count). The molecule has 0 heterocycles. The summed E-state index contributed by atoms with van der Waals surface area (Å²) in [5.74, 6) is 0. The van der Waals surface area contributed by atoms with Crippen molar-refractivity contribution in [1.29, 1.82) is 0 Å². The highest BCUT2D eigenvalue weighted by Gasteiger charge is 2.02. The Bertz CT molecular complexity index is 294. The zero-order valence-corrected chi connectivity index (χ0v) is 9.30. The quantitative estimate of drug-likeness (QED) is 0.762. The van der Waals surface area contributed by atoms with Crippen molar-refractivity contribution in [2.45, 2.75) is 33.4 Å². The third kappa shape index (κ3) is 2.82. The molecule has 3 N–H and O–H groups in total. The number of benzene rings is 1. The molecule has 0 bridgehead atoms. The molecule has 0 fully saturated rings. The minimum atomic E-state index is 0.384. The van der Waals surface area contributed by atoms with Gasteiger partial charge in [0.2, 0.25) is 0 Å². The lowest BCUT2D eigenvalue weighted by atomic mass is 10.0. The minimum Gasteiger partial charge on any atom is -0.329 e. The standard InChI is InChI=1S/C12H20N2/c1-9-5-4-6-12(11(9)3)8-14-10(2)7-13/h4-6,10,14H,7-8,13H2,1-3H3/t10-/m1/s1. The van der Waals surface area contributed by atoms with Crippen LogP contribution in [0.15, 0.2) is 18.2 Å². The van der Waals surface area contributed by atoms with Crippen molar-refractivity contribution in [2.75, 3.05) is 6.54 Å². The molecule has 0 aliphatic rings. The maximum atomic E-state index is 5.54. The second-order valence-corrected chi connectivity index (χ2v) is 3.88. The average Bonchev–Trinajstić information content (AvgIpc) is 2.20. The smallest absolute Gasteiger partial charge is 0.0211 e. The van der Waals surface area contributed by atoms with Gasteiger partial charge in [-0.05, 0) is 37.5 Å². The number of aryl methyl sites for hydroxylation is 1. The van der Waals surface area contributed by atoms with Gasteiger partial charge in [-0.3, -0.25) is 0 Å². The molecule has 0 amide bonds. The minimum absolute atomic E-state index is 0.384. The van der Waals surface area contributed by atoms with E-state index in [0.717, 1.165) is 6.54 Å². The van der Waals surface area contributed by atoms with Crippen molar-refractivity contribution in [2.24, 2.45) is 5.73 Å². The van der Waals surface area contributed by atoms with Gasteiger partial charge in [0.25, 0.3) is 0 Å². The second kappa shape index (κ2) is 5.13. The van der Waals surface area contributed by atoms with Gasteiger partial charge in [0.15, 0.2) is 0 Å². The topological polar surface area (TPSA) is 38.0 Å². The summed E-state index contributed by atoms with van der Waals surface area (Å²) >= 11 is 0. The van der Waals surface area contributed by atoms with E-state index in [9.17, 15) is 0 Å². The van der Waals surface area contributed by atoms with Crippen LogP contribution >= 0.6 is 0 Å². The Labute approximate surface area is 86.5 Å². The van der Waals surface area contributed by atoms with E-state index < -0.39 is 0 Å². The van der Waals surface area contributed by atoms with Crippen LogP contribution in [-0.2, 0) is 6.54 Å². The number of nitrogens with one attached hydrogen (secondary N) is 1. The van der Waals surface area contributed by atoms with E-state index in [1.165, 1.54) is 16.7 Å². The summed E-state index contributed by atoms with van der Waals surface area (Å²) in [7, 11) is 0. The number of hydrogen-bond acceptors (Lipinski definition) is 2. The predicted molar refractivity (Wildman–Crippen MR) is 61.3 cm³/mol. The highest BCUT2D eigenvalue weighted by atomic mass is 14.9. The van der Waals surface area contributed by atoms with Crippen LogP contribution in [-0.4, -0.2) is 12.6 Å². The Morgan fingerprint density at radius 2 is 2.07 bits per heavy atom. The molecule has 14 heavy (non-hydrogen) atoms. The van der Waals surface area contributed by atoms with Crippen LogP contribution in [0, 0.1) is 13.8 Å². The van der Waals surface area contributed by atoms with Crippen LogP contribution < -0.4 is 11.1 Å². The zero-order chi connectivity index (χ0) is 10.6. The largest absolute Gasteiger partial charge is 0.329 e. The maximum absolute atomic E-state index is 5.54. The third-order valence-corrected chi connectivity index (χ3v) is 2.71. The van der Waals surface area contributed by atoms with E-state index in [0.29, 0.717) is 12.6 Å². The van der Waals surface area contributed by atoms with Gasteiger partial charge < -0.3 is 11.1 Å². The first-order valence-corrected chi connectivity index (χ1v) is 5.13. The van der Waals surface area contributed by atoms with Crippen LogP contribution in [0.5, 0.6) is 0 Å². The second-order valence-electron chi connectivity index (χ2n) is 3.88. The third-order valence-electron chi connectivity index (χ3n) is 2.71. The summed E-state index contributed by atoms with van der Waals surface area (Å²) < 4.78 is 0. The average molecular weight is 192 g/mol. The fraction of sp³-hybridized carbons (Fsp3) is 0.500. The molecule has 2 nitrogen and oxygen atoms in total. The molecular formula is C12H20N2. The van der Waals surface area contributed by atoms with Crippen molar-refractivity contribution in [3.8, 4) is 0 Å². The highest BCUT2D eigenvalue weighted by molar-refractivity contribution is 5.32. The molecule has 78 valence electrons. The van der Waals surface area contributed by atoms with Gasteiger partial charge in [0.05, 0.1) is 0 Å². The maximum Gasteiger partial charge on any atom is 0.0211 e. The van der Waals surface area contributed by atoms with Gasteiger partial charge in [-0.15, -0.1) is 0 Å². The lowest BCUT2D eigenvalue weighted by Crippen LogP contribution is -2.32. The van der Waals surface area contributed by atoms with Gasteiger partial charge in [-0.1, -0.05) is 18.2 Å². The van der Waals surface area contributed by atoms with Gasteiger partial charge in [-0.2, -0.15) is 0 Å². The lowest BCUT2D eigenvalue weighted by molar-refractivity contribution is 0.555. The molecule has 0 aromatic heterocycles. The van der Waals surface area contributed by atoms with E-state index in [1.54, 1.807) is 0 Å². The van der Waals surface area contributed by atoms with Crippen LogP contribution in [0.25, 0.3) is 0 Å². The Balaban J connectivity index is 2.63. The van der Waals surface area contributed by atoms with Crippen molar-refractivity contribution in [3.63, 3.8) is 0 Å². The van der Waals surface area contributed by atoms with Crippen LogP contribution in [0.1, 0.15) is 23.6 Å². The van der Waals surface area contributed by atoms with E-state index >= 15 is 0 Å². The van der Waals surface area contributed by atoms with Crippen LogP contribution in [0.3, 0.4) is 0 Å². The summed E-state index contributed by atoms with van der Waals surface area (Å²) in [6.07, 6.45) is 0. The zero-order valence-electron chi connectivity index (χ0n) is 9.30. The molecule has 0 saturated carbocycles. The predicted octanol–water partition coefficient (Wildman–Crippen LogP) is 1.74. The molecule has 2 heteroatoms. The molecule has 0 aliphatic heterocycles. The summed E-state index contributed by atoms with van der Waals surface area (Å²) in [6.45, 7) is 8.01. The van der Waals surface area contributed by atoms with Crippen molar-refractivity contribution in [1.82, 2.24) is 5.32 Å². The SMILES string of the molecule is Cc1cccc(CN[C@H](C)CN)c1C. The number of hydrogen-bond donors (Lipinski definition) is 2. The number of rotatable bonds is 4. The molecule has 0 spiro atoms. The molecule has 0 unspecified atom stereocenters. The first kappa shape index (κ1) is 11.2. The molecule has 0 saturated heterocycles. The number of nitrogens with two attached hydrogens (primary N) is 1. The van der Waals surface area contributed by atoms with Gasteiger partial charge >= 0.3 is 0 Å². The molecule has 0 radical (unpaired) electrons. The molecule has 1 aromatic carbocycles. The van der Waals surface area contributed by atoms with Gasteiger partial charge in [0, 0.05) is 19.1 Å². The van der Waals surface area contributed by atoms with E-state index in [1.807, 2.05) is 0 Å². The summed E-state index contributed by atoms with van der Waals surface area (Å²) in [6, 6.07) is 6.80. The Kier molecular flexibility index (Phi) is 4.11. The Hall–Kier alpha value is -0.860. The Morgan fingerprint density at radius 3 is 2.71 bits per heavy atom. The van der Waals surface area contributed by atoms with Crippen LogP contribution in [0.4, 0.5) is 0 Å². The van der Waals surface area contributed by atoms with Gasteiger partial charge in [0.1, 0.15) is 0 Å². The first-order valence-electron chi connectivity index (χ1n) is 5.13. The summed E-state index contributed by atoms with van der Waals surface area (Å²) in [4.78, 5) is 0. The molecule has 0 aliphatic carbocycles. The van der Waals surface area contributed by atoms with Crippen molar-refractivity contribution in [3.05, 3.63) is 34.9 Å². The fourth-order valence-corrected chi connectivity index (χ4v) is 1.37. The molecule has 1 aromatic rings. The fourth-order valence-electron chi connectivity index (χ4n) is 1.37.